The fourth-order valence-corrected chi connectivity index (χ4v) is 3.03. The van der Waals surface area contributed by atoms with Crippen LogP contribution in [0.25, 0.3) is 22.6 Å². The molecule has 108 valence electrons. The molecule has 2 N–H and O–H groups in total. The van der Waals surface area contributed by atoms with E-state index in [1.807, 2.05) is 36.4 Å². The largest absolute Gasteiger partial charge is 0.362 e. The van der Waals surface area contributed by atoms with E-state index in [1.165, 1.54) is 0 Å². The molecule has 2 aromatic heterocycles. The minimum absolute atomic E-state index is 0.114. The van der Waals surface area contributed by atoms with Crippen LogP contribution in [0.15, 0.2) is 54.9 Å². The van der Waals surface area contributed by atoms with Gasteiger partial charge in [-0.25, -0.2) is 0 Å². The molecule has 3 aromatic rings. The average molecular weight is 290 g/mol. The van der Waals surface area contributed by atoms with E-state index in [0.717, 1.165) is 27.0 Å². The van der Waals surface area contributed by atoms with Gasteiger partial charge in [0.05, 0.1) is 10.9 Å². The topological polar surface area (TPSA) is 66.2 Å². The molecule has 0 saturated heterocycles. The first-order valence-electron chi connectivity index (χ1n) is 7.12. The summed E-state index contributed by atoms with van der Waals surface area (Å²) in [4.78, 5) is 8.67. The Morgan fingerprint density at radius 2 is 1.73 bits per heavy atom. The predicted molar refractivity (Wildman–Crippen MR) is 84.0 cm³/mol. The molecule has 0 aliphatic heterocycles. The number of nitrogens with zero attached hydrogens (tertiary/aromatic N) is 2. The third-order valence-electron chi connectivity index (χ3n) is 4.00. The number of benzene rings is 1. The van der Waals surface area contributed by atoms with Crippen molar-refractivity contribution in [2.45, 2.75) is 12.2 Å². The van der Waals surface area contributed by atoms with Gasteiger partial charge in [0.1, 0.15) is 0 Å². The second kappa shape index (κ2) is 4.73. The molecular weight excluding hydrogens is 276 g/mol. The maximum absolute atomic E-state index is 10.5. The van der Waals surface area contributed by atoms with E-state index < -0.39 is 5.79 Å². The molecule has 0 spiro atoms. The predicted octanol–water partition coefficient (Wildman–Crippen LogP) is 0.694. The summed E-state index contributed by atoms with van der Waals surface area (Å²) in [6, 6.07) is 13.1. The van der Waals surface area contributed by atoms with Gasteiger partial charge in [-0.2, -0.15) is 0 Å². The maximum Gasteiger partial charge on any atom is 0.194 e. The van der Waals surface area contributed by atoms with Gasteiger partial charge in [-0.1, -0.05) is 30.3 Å². The smallest absolute Gasteiger partial charge is 0.194 e. The van der Waals surface area contributed by atoms with Crippen LogP contribution in [0.5, 0.6) is 0 Å². The third-order valence-corrected chi connectivity index (χ3v) is 4.00. The fourth-order valence-electron chi connectivity index (χ4n) is 3.03. The summed E-state index contributed by atoms with van der Waals surface area (Å²) in [5, 5.41) is 23.5. The Morgan fingerprint density at radius 3 is 2.64 bits per heavy atom. The van der Waals surface area contributed by atoms with Crippen LogP contribution in [0, 0.1) is 0 Å². The van der Waals surface area contributed by atoms with Gasteiger partial charge in [-0.3, -0.25) is 9.97 Å². The first-order chi connectivity index (χ1) is 10.7. The van der Waals surface area contributed by atoms with Crippen LogP contribution in [0.4, 0.5) is 0 Å². The monoisotopic (exact) mass is 290 g/mol. The summed E-state index contributed by atoms with van der Waals surface area (Å²) in [6.07, 6.45) is 5.30. The molecule has 0 atom stereocenters. The minimum atomic E-state index is -1.92. The number of rotatable bonds is 1. The Kier molecular flexibility index (Phi) is 2.82. The number of aliphatic hydroxyl groups is 2. The Hall–Kier alpha value is -2.56. The second-order valence-corrected chi connectivity index (χ2v) is 5.41. The van der Waals surface area contributed by atoms with E-state index in [9.17, 15) is 10.2 Å². The van der Waals surface area contributed by atoms with Crippen LogP contribution in [0.3, 0.4) is 0 Å². The van der Waals surface area contributed by atoms with Crippen molar-refractivity contribution in [1.82, 2.24) is 9.97 Å². The van der Waals surface area contributed by atoms with Crippen LogP contribution in [0.2, 0.25) is 0 Å². The molecule has 4 nitrogen and oxygen atoms in total. The number of pyridine rings is 2. The highest BCUT2D eigenvalue weighted by molar-refractivity contribution is 5.93. The summed E-state index contributed by atoms with van der Waals surface area (Å²) in [6.45, 7) is 0. The van der Waals surface area contributed by atoms with Crippen molar-refractivity contribution in [2.75, 3.05) is 0 Å². The van der Waals surface area contributed by atoms with Crippen LogP contribution in [-0.2, 0) is 0 Å². The van der Waals surface area contributed by atoms with E-state index in [1.54, 1.807) is 24.5 Å². The van der Waals surface area contributed by atoms with Crippen molar-refractivity contribution in [3.8, 4) is 0 Å². The lowest BCUT2D eigenvalue weighted by Gasteiger charge is -2.27. The zero-order chi connectivity index (χ0) is 15.2. The quantitative estimate of drug-likeness (QED) is 0.647. The highest BCUT2D eigenvalue weighted by atomic mass is 16.5. The van der Waals surface area contributed by atoms with E-state index in [-0.39, 0.29) is 6.42 Å². The molecular formula is C18H14N2O2. The fraction of sp³-hybridized carbons (Fsp3) is 0.111. The molecule has 0 amide bonds. The summed E-state index contributed by atoms with van der Waals surface area (Å²) in [5.41, 5.74) is 2.08. The summed E-state index contributed by atoms with van der Waals surface area (Å²) in [7, 11) is 0. The first kappa shape index (κ1) is 13.1. The zero-order valence-corrected chi connectivity index (χ0v) is 11.8. The second-order valence-electron chi connectivity index (χ2n) is 5.41. The van der Waals surface area contributed by atoms with Crippen molar-refractivity contribution in [3.63, 3.8) is 0 Å². The summed E-state index contributed by atoms with van der Waals surface area (Å²) < 4.78 is 0. The molecule has 0 radical (unpaired) electrons. The molecule has 1 aliphatic rings. The van der Waals surface area contributed by atoms with Gasteiger partial charge in [0.15, 0.2) is 5.79 Å². The lowest BCUT2D eigenvalue weighted by molar-refractivity contribution is -0.103. The van der Waals surface area contributed by atoms with Crippen molar-refractivity contribution in [2.24, 2.45) is 0 Å². The number of aromatic nitrogens is 2. The molecule has 0 saturated carbocycles. The van der Waals surface area contributed by atoms with Gasteiger partial charge in [-0.15, -0.1) is 0 Å². The molecule has 2 heterocycles. The lowest BCUT2D eigenvalue weighted by atomic mass is 9.88. The van der Waals surface area contributed by atoms with Crippen molar-refractivity contribution in [1.29, 1.82) is 0 Å². The molecule has 4 heteroatoms. The molecule has 22 heavy (non-hydrogen) atoms. The Labute approximate surface area is 126 Å². The highest BCUT2D eigenvalue weighted by Crippen LogP contribution is 2.31. The normalized spacial score (nSPS) is 16.2. The lowest BCUT2D eigenvalue weighted by Crippen LogP contribution is -2.44. The number of hydrogen-bond donors (Lipinski definition) is 2. The van der Waals surface area contributed by atoms with E-state index in [2.05, 4.69) is 9.97 Å². The average Bonchev–Trinajstić information content (AvgIpc) is 2.54. The van der Waals surface area contributed by atoms with Gasteiger partial charge in [0.25, 0.3) is 0 Å². The van der Waals surface area contributed by atoms with E-state index in [4.69, 9.17) is 0 Å². The molecule has 0 fully saturated rings. The van der Waals surface area contributed by atoms with E-state index in [0.29, 0.717) is 5.57 Å². The molecule has 0 unspecified atom stereocenters. The number of fused-ring (bicyclic) bond motifs is 2. The highest BCUT2D eigenvalue weighted by Gasteiger charge is 2.32. The zero-order valence-electron chi connectivity index (χ0n) is 11.8. The minimum Gasteiger partial charge on any atom is -0.362 e. The van der Waals surface area contributed by atoms with Crippen LogP contribution in [-0.4, -0.2) is 26.0 Å². The van der Waals surface area contributed by atoms with Crippen LogP contribution < -0.4 is 10.6 Å². The van der Waals surface area contributed by atoms with Gasteiger partial charge >= 0.3 is 0 Å². The van der Waals surface area contributed by atoms with Gasteiger partial charge in [0, 0.05) is 35.0 Å². The number of hydrogen-bond acceptors (Lipinski definition) is 4. The molecule has 1 aliphatic carbocycles. The summed E-state index contributed by atoms with van der Waals surface area (Å²) >= 11 is 0. The Bertz CT molecular complexity index is 988. The van der Waals surface area contributed by atoms with Crippen molar-refractivity contribution < 1.29 is 10.2 Å². The van der Waals surface area contributed by atoms with Crippen molar-refractivity contribution >= 4 is 22.6 Å². The Morgan fingerprint density at radius 1 is 0.909 bits per heavy atom. The first-order valence-corrected chi connectivity index (χ1v) is 7.12. The Balaban J connectivity index is 2.19. The summed E-state index contributed by atoms with van der Waals surface area (Å²) in [5.74, 6) is -1.92. The van der Waals surface area contributed by atoms with E-state index >= 15 is 0 Å². The SMILES string of the molecule is OC1(O)CC=c2ncccc2=C1c1cccc2ncccc12. The van der Waals surface area contributed by atoms with Gasteiger partial charge in [-0.05, 0) is 23.8 Å². The van der Waals surface area contributed by atoms with Crippen LogP contribution >= 0.6 is 0 Å². The standard InChI is InChI=1S/C18H14N2O2/c21-18(22)9-8-16-14(6-3-11-20-16)17(18)13-4-1-7-15-12(13)5-2-10-19-15/h1-8,10-11,21-22H,9H2. The van der Waals surface area contributed by atoms with Crippen LogP contribution in [0.1, 0.15) is 12.0 Å². The van der Waals surface area contributed by atoms with Crippen molar-refractivity contribution in [3.05, 3.63) is 71.0 Å². The molecule has 1 aromatic carbocycles. The van der Waals surface area contributed by atoms with Gasteiger partial charge < -0.3 is 10.2 Å². The molecule has 0 bridgehead atoms. The molecule has 4 rings (SSSR count). The maximum atomic E-state index is 10.5. The third kappa shape index (κ3) is 1.93. The van der Waals surface area contributed by atoms with Gasteiger partial charge in [0.2, 0.25) is 0 Å².